The molecule has 56 heavy (non-hydrogen) atoms. The molecule has 0 unspecified atom stereocenters. The Hall–Kier alpha value is -6.28. The fourth-order valence-corrected chi connectivity index (χ4v) is 9.80. The van der Waals surface area contributed by atoms with Gasteiger partial charge in [0.15, 0.2) is 0 Å². The Morgan fingerprint density at radius 2 is 1.34 bits per heavy atom. The molecule has 0 saturated heterocycles. The molecule has 270 valence electrons. The highest BCUT2D eigenvalue weighted by Crippen LogP contribution is 2.50. The Balaban J connectivity index is 1.19. The molecule has 2 aliphatic rings. The van der Waals surface area contributed by atoms with Gasteiger partial charge in [0.05, 0.1) is 0 Å². The van der Waals surface area contributed by atoms with Crippen molar-refractivity contribution < 1.29 is 0 Å². The molecule has 0 amide bonds. The lowest BCUT2D eigenvalue weighted by atomic mass is 9.76. The van der Waals surface area contributed by atoms with E-state index in [2.05, 4.69) is 191 Å². The Morgan fingerprint density at radius 3 is 2.14 bits per heavy atom. The molecule has 6 aromatic carbocycles. The first kappa shape index (κ1) is 35.4. The fraction of sp³-hybridized carbons (Fsp3) is 0.0909. The molecule has 0 fully saturated rings. The number of fused-ring (bicyclic) bond motifs is 5. The van der Waals surface area contributed by atoms with Crippen molar-refractivity contribution in [2.75, 3.05) is 0 Å². The van der Waals surface area contributed by atoms with Crippen LogP contribution in [0, 0.1) is 0 Å². The van der Waals surface area contributed by atoms with Gasteiger partial charge in [-0.1, -0.05) is 179 Å². The minimum atomic E-state index is -0.143. The van der Waals surface area contributed by atoms with E-state index in [1.165, 1.54) is 64.4 Å². The molecule has 0 N–H and O–H groups in total. The van der Waals surface area contributed by atoms with Crippen LogP contribution in [0.15, 0.2) is 178 Å². The van der Waals surface area contributed by atoms with Gasteiger partial charge in [0, 0.05) is 25.6 Å². The van der Waals surface area contributed by atoms with Crippen molar-refractivity contribution in [1.29, 1.82) is 0 Å². The van der Waals surface area contributed by atoms with E-state index >= 15 is 0 Å². The number of hydrogen-bond acceptors (Lipinski definition) is 1. The molecule has 0 saturated carbocycles. The van der Waals surface area contributed by atoms with Crippen LogP contribution in [-0.4, -0.2) is 0 Å². The van der Waals surface area contributed by atoms with Crippen LogP contribution in [0.3, 0.4) is 0 Å². The van der Waals surface area contributed by atoms with Gasteiger partial charge in [0.25, 0.3) is 0 Å². The van der Waals surface area contributed by atoms with Gasteiger partial charge in [-0.3, -0.25) is 0 Å². The Labute approximate surface area is 334 Å². The predicted molar refractivity (Wildman–Crippen MR) is 246 cm³/mol. The number of thiophene rings is 1. The van der Waals surface area contributed by atoms with Crippen LogP contribution in [0.1, 0.15) is 71.2 Å². The van der Waals surface area contributed by atoms with Crippen LogP contribution in [-0.2, 0) is 5.41 Å². The Morgan fingerprint density at radius 1 is 0.643 bits per heavy atom. The molecule has 9 rings (SSSR count). The molecule has 0 atom stereocenters. The van der Waals surface area contributed by atoms with Gasteiger partial charge in [-0.25, -0.2) is 0 Å². The number of allylic oxidation sites excluding steroid dienone is 6. The first-order valence-corrected chi connectivity index (χ1v) is 20.3. The van der Waals surface area contributed by atoms with Gasteiger partial charge in [0.2, 0.25) is 0 Å². The van der Waals surface area contributed by atoms with Crippen molar-refractivity contribution >= 4 is 71.5 Å². The zero-order valence-electron chi connectivity index (χ0n) is 32.1. The third-order valence-corrected chi connectivity index (χ3v) is 12.8. The molecule has 1 heteroatoms. The fourth-order valence-electron chi connectivity index (χ4n) is 8.67. The van der Waals surface area contributed by atoms with E-state index in [1.807, 2.05) is 17.4 Å². The van der Waals surface area contributed by atoms with Crippen molar-refractivity contribution in [3.8, 4) is 0 Å². The minimum absolute atomic E-state index is 0.143. The van der Waals surface area contributed by atoms with E-state index in [-0.39, 0.29) is 5.41 Å². The Kier molecular flexibility index (Phi) is 9.12. The lowest BCUT2D eigenvalue weighted by Crippen LogP contribution is -2.29. The maximum Gasteiger partial charge on any atom is 0.0361 e. The second-order valence-corrected chi connectivity index (χ2v) is 16.4. The molecule has 0 aliphatic heterocycles. The largest absolute Gasteiger partial charge is 0.135 e. The highest BCUT2D eigenvalue weighted by Gasteiger charge is 2.35. The molecule has 0 spiro atoms. The van der Waals surface area contributed by atoms with Crippen LogP contribution in [0.4, 0.5) is 0 Å². The van der Waals surface area contributed by atoms with Crippen molar-refractivity contribution in [2.45, 2.75) is 32.1 Å². The van der Waals surface area contributed by atoms with Crippen molar-refractivity contribution in [3.63, 3.8) is 0 Å². The summed E-state index contributed by atoms with van der Waals surface area (Å²) < 4.78 is 2.62. The van der Waals surface area contributed by atoms with Crippen molar-refractivity contribution in [2.24, 2.45) is 0 Å². The lowest BCUT2D eigenvalue weighted by molar-refractivity contribution is 0.704. The lowest BCUT2D eigenvalue weighted by Gasteiger charge is -2.27. The zero-order valence-corrected chi connectivity index (χ0v) is 32.9. The summed E-state index contributed by atoms with van der Waals surface area (Å²) >= 11 is 1.87. The standard InChI is InChI=1S/C55H44S/c1-6-38-19-11-13-21-42(38)37(3)43-22-9-7-8-10-23-44(46-25-15-14-24-45(43)46)40-31-29-39(30-32-40)36(2)48-34-50-47-26-16-18-28-53(47)56-54(50)35-49(48)52-33-41-20-12-17-27-51(41)55(52,4)5/h6,9-35H,1-3,7-8H2,4-5H3/b22-9+,23-10+,45-43+,46-44+. The normalized spacial score (nSPS) is 17.8. The summed E-state index contributed by atoms with van der Waals surface area (Å²) in [6.45, 7) is 18.3. The molecule has 7 aromatic rings. The van der Waals surface area contributed by atoms with Crippen LogP contribution < -0.4 is 10.4 Å². The number of rotatable bonds is 7. The van der Waals surface area contributed by atoms with E-state index in [0.29, 0.717) is 0 Å². The van der Waals surface area contributed by atoms with E-state index in [1.54, 1.807) is 0 Å². The van der Waals surface area contributed by atoms with Gasteiger partial charge in [0.1, 0.15) is 0 Å². The summed E-state index contributed by atoms with van der Waals surface area (Å²) in [5.41, 5.74) is 15.1. The van der Waals surface area contributed by atoms with Crippen LogP contribution >= 0.6 is 11.3 Å². The van der Waals surface area contributed by atoms with Gasteiger partial charge in [-0.15, -0.1) is 11.3 Å². The molecule has 1 heterocycles. The second-order valence-electron chi connectivity index (χ2n) is 15.3. The Bertz CT molecular complexity index is 2970. The first-order chi connectivity index (χ1) is 27.3. The van der Waals surface area contributed by atoms with E-state index in [0.717, 1.165) is 51.5 Å². The summed E-state index contributed by atoms with van der Waals surface area (Å²) in [5.74, 6) is 0. The van der Waals surface area contributed by atoms with E-state index < -0.39 is 0 Å². The summed E-state index contributed by atoms with van der Waals surface area (Å²) in [5, 5.41) is 4.93. The molecule has 2 aliphatic carbocycles. The molecule has 1 aromatic heterocycles. The molecular formula is C55H44S. The molecule has 0 radical (unpaired) electrons. The highest BCUT2D eigenvalue weighted by molar-refractivity contribution is 7.25. The van der Waals surface area contributed by atoms with Gasteiger partial charge < -0.3 is 0 Å². The SMILES string of the molecule is C=Cc1ccccc1C(=C)C1=c2\cccc\c2=C(c2ccc(C(=C)c3cc4c(cc3C3=Cc5ccccc5C3(C)C)sc3ccccc34)cc2)\C=C\CC\C=C\1. The summed E-state index contributed by atoms with van der Waals surface area (Å²) in [6, 6.07) is 48.6. The van der Waals surface area contributed by atoms with Crippen LogP contribution in [0.5, 0.6) is 0 Å². The molecular weight excluding hydrogens is 693 g/mol. The van der Waals surface area contributed by atoms with Gasteiger partial charge in [-0.2, -0.15) is 0 Å². The van der Waals surface area contributed by atoms with Gasteiger partial charge >= 0.3 is 0 Å². The van der Waals surface area contributed by atoms with E-state index in [4.69, 9.17) is 6.58 Å². The molecule has 0 bridgehead atoms. The monoisotopic (exact) mass is 736 g/mol. The van der Waals surface area contributed by atoms with Gasteiger partial charge in [-0.05, 0) is 120 Å². The average molecular weight is 737 g/mol. The third-order valence-electron chi connectivity index (χ3n) is 11.7. The summed E-state index contributed by atoms with van der Waals surface area (Å²) in [4.78, 5) is 0. The topological polar surface area (TPSA) is 0 Å². The number of benzene rings is 6. The van der Waals surface area contributed by atoms with Crippen molar-refractivity contribution in [3.05, 3.63) is 232 Å². The predicted octanol–water partition coefficient (Wildman–Crippen LogP) is 13.6. The van der Waals surface area contributed by atoms with Crippen LogP contribution in [0.25, 0.3) is 60.2 Å². The maximum atomic E-state index is 4.82. The average Bonchev–Trinajstić information content (AvgIpc) is 3.74. The quantitative estimate of drug-likeness (QED) is 0.153. The van der Waals surface area contributed by atoms with Crippen LogP contribution in [0.2, 0.25) is 0 Å². The number of hydrogen-bond donors (Lipinski definition) is 0. The van der Waals surface area contributed by atoms with E-state index in [9.17, 15) is 0 Å². The second kappa shape index (κ2) is 14.4. The summed E-state index contributed by atoms with van der Waals surface area (Å²) in [7, 11) is 0. The minimum Gasteiger partial charge on any atom is -0.135 e. The molecule has 0 nitrogen and oxygen atoms in total. The highest BCUT2D eigenvalue weighted by atomic mass is 32.1. The maximum absolute atomic E-state index is 4.82. The van der Waals surface area contributed by atoms with Crippen molar-refractivity contribution in [1.82, 2.24) is 0 Å². The first-order valence-electron chi connectivity index (χ1n) is 19.5. The third kappa shape index (κ3) is 6.10. The zero-order chi connectivity index (χ0) is 38.4. The summed E-state index contributed by atoms with van der Waals surface area (Å²) in [6.07, 6.45) is 15.4. The smallest absolute Gasteiger partial charge is 0.0361 e.